The lowest BCUT2D eigenvalue weighted by Gasteiger charge is -2.11. The van der Waals surface area contributed by atoms with Crippen molar-refractivity contribution in [1.82, 2.24) is 10.5 Å². The number of nitrogens with one attached hydrogen (secondary N) is 1. The van der Waals surface area contributed by atoms with Crippen LogP contribution in [-0.2, 0) is 20.4 Å². The highest BCUT2D eigenvalue weighted by molar-refractivity contribution is 7.92. The van der Waals surface area contributed by atoms with Crippen LogP contribution in [0.1, 0.15) is 31.2 Å². The van der Waals surface area contributed by atoms with Gasteiger partial charge in [-0.2, -0.15) is 0 Å². The van der Waals surface area contributed by atoms with E-state index in [4.69, 9.17) is 4.52 Å². The Bertz CT molecular complexity index is 545. The number of carbonyl (C=O) groups excluding carboxylic acids is 1. The van der Waals surface area contributed by atoms with Crippen molar-refractivity contribution < 1.29 is 17.7 Å². The fraction of sp³-hybridized carbons (Fsp3) is 0.636. The van der Waals surface area contributed by atoms with Crippen LogP contribution in [0.4, 0.5) is 0 Å². The van der Waals surface area contributed by atoms with Gasteiger partial charge in [0, 0.05) is 12.1 Å². The van der Waals surface area contributed by atoms with E-state index in [9.17, 15) is 13.2 Å². The highest BCUT2D eigenvalue weighted by Crippen LogP contribution is 2.20. The van der Waals surface area contributed by atoms with E-state index in [0.29, 0.717) is 11.5 Å². The molecule has 0 aromatic carbocycles. The van der Waals surface area contributed by atoms with Crippen LogP contribution in [0.15, 0.2) is 10.6 Å². The van der Waals surface area contributed by atoms with E-state index < -0.39 is 21.0 Å². The summed E-state index contributed by atoms with van der Waals surface area (Å²) in [5, 5.41) is 5.26. The molecule has 0 spiro atoms. The van der Waals surface area contributed by atoms with Gasteiger partial charge in [0.05, 0.1) is 11.4 Å². The fourth-order valence-electron chi connectivity index (χ4n) is 1.53. The number of sulfone groups is 1. The third-order valence-electron chi connectivity index (χ3n) is 2.86. The maximum absolute atomic E-state index is 12.0. The van der Waals surface area contributed by atoms with Gasteiger partial charge in [-0.25, -0.2) is 8.42 Å². The Morgan fingerprint density at radius 3 is 2.78 bits per heavy atom. The molecule has 0 radical (unpaired) electrons. The molecule has 1 saturated carbocycles. The molecule has 1 N–H and O–H groups in total. The lowest BCUT2D eigenvalue weighted by Crippen LogP contribution is -2.39. The molecular formula is C11H16N2O4S. The molecule has 7 heteroatoms. The molecule has 1 aliphatic carbocycles. The lowest BCUT2D eigenvalue weighted by molar-refractivity contribution is -0.120. The third-order valence-corrected chi connectivity index (χ3v) is 4.85. The van der Waals surface area contributed by atoms with E-state index in [-0.39, 0.29) is 11.8 Å². The van der Waals surface area contributed by atoms with Crippen molar-refractivity contribution in [3.05, 3.63) is 17.5 Å². The van der Waals surface area contributed by atoms with Crippen LogP contribution in [0.2, 0.25) is 0 Å². The zero-order valence-corrected chi connectivity index (χ0v) is 11.2. The molecule has 1 aliphatic rings. The molecule has 2 rings (SSSR count). The minimum atomic E-state index is -3.55. The predicted molar refractivity (Wildman–Crippen MR) is 64.5 cm³/mol. The first-order chi connectivity index (χ1) is 8.38. The van der Waals surface area contributed by atoms with Crippen molar-refractivity contribution in [1.29, 1.82) is 0 Å². The Balaban J connectivity index is 2.02. The number of carbonyl (C=O) groups is 1. The van der Waals surface area contributed by atoms with Gasteiger partial charge < -0.3 is 9.84 Å². The van der Waals surface area contributed by atoms with Gasteiger partial charge in [-0.1, -0.05) is 5.16 Å². The normalized spacial score (nSPS) is 17.4. The summed E-state index contributed by atoms with van der Waals surface area (Å²) >= 11 is 0. The number of nitrogens with zero attached hydrogens (tertiary/aromatic N) is 1. The topological polar surface area (TPSA) is 89.3 Å². The highest BCUT2D eigenvalue weighted by atomic mass is 32.2. The SMILES string of the molecule is Cc1cc(CS(=O)(=O)[C@@H](C)C(=O)NC2CC2)no1. The number of aryl methyl sites for hydroxylation is 1. The minimum Gasteiger partial charge on any atom is -0.361 e. The zero-order chi connectivity index (χ0) is 13.3. The first-order valence-corrected chi connectivity index (χ1v) is 7.54. The monoisotopic (exact) mass is 272 g/mol. The standard InChI is InChI=1S/C11H16N2O4S/c1-7-5-10(13-17-7)6-18(15,16)8(2)11(14)12-9-3-4-9/h5,8-9H,3-4,6H2,1-2H3,(H,12,14)/t8-/m0/s1. The number of aromatic nitrogens is 1. The fourth-order valence-corrected chi connectivity index (χ4v) is 2.72. The summed E-state index contributed by atoms with van der Waals surface area (Å²) in [7, 11) is -3.55. The molecule has 1 fully saturated rings. The Morgan fingerprint density at radius 1 is 1.61 bits per heavy atom. The summed E-state index contributed by atoms with van der Waals surface area (Å²) in [6, 6.07) is 1.72. The van der Waals surface area contributed by atoms with Crippen LogP contribution < -0.4 is 5.32 Å². The average Bonchev–Trinajstić information content (AvgIpc) is 3.00. The van der Waals surface area contributed by atoms with E-state index in [1.54, 1.807) is 13.0 Å². The van der Waals surface area contributed by atoms with Gasteiger partial charge in [0.2, 0.25) is 5.91 Å². The smallest absolute Gasteiger partial charge is 0.238 e. The number of rotatable bonds is 5. The van der Waals surface area contributed by atoms with Gasteiger partial charge in [-0.3, -0.25) is 4.79 Å². The van der Waals surface area contributed by atoms with Gasteiger partial charge in [-0.05, 0) is 26.7 Å². The summed E-state index contributed by atoms with van der Waals surface area (Å²) in [5.41, 5.74) is 0.332. The van der Waals surface area contributed by atoms with E-state index in [1.165, 1.54) is 6.92 Å². The highest BCUT2D eigenvalue weighted by Gasteiger charge is 2.32. The maximum Gasteiger partial charge on any atom is 0.238 e. The van der Waals surface area contributed by atoms with Crippen LogP contribution in [0, 0.1) is 6.92 Å². The van der Waals surface area contributed by atoms with Gasteiger partial charge in [0.1, 0.15) is 11.0 Å². The first-order valence-electron chi connectivity index (χ1n) is 5.82. The molecule has 1 amide bonds. The second-order valence-corrected chi connectivity index (χ2v) is 6.98. The van der Waals surface area contributed by atoms with E-state index >= 15 is 0 Å². The predicted octanol–water partition coefficient (Wildman–Crippen LogP) is 0.565. The summed E-state index contributed by atoms with van der Waals surface area (Å²) < 4.78 is 28.8. The van der Waals surface area contributed by atoms with Gasteiger partial charge in [0.15, 0.2) is 9.84 Å². The Hall–Kier alpha value is -1.37. The van der Waals surface area contributed by atoms with Crippen molar-refractivity contribution in [3.8, 4) is 0 Å². The molecule has 6 nitrogen and oxygen atoms in total. The number of hydrogen-bond donors (Lipinski definition) is 1. The molecule has 0 bridgehead atoms. The van der Waals surface area contributed by atoms with Crippen molar-refractivity contribution in [2.24, 2.45) is 0 Å². The van der Waals surface area contributed by atoms with Crippen LogP contribution in [0.5, 0.6) is 0 Å². The molecule has 0 unspecified atom stereocenters. The van der Waals surface area contributed by atoms with E-state index in [0.717, 1.165) is 12.8 Å². The summed E-state index contributed by atoms with van der Waals surface area (Å²) in [4.78, 5) is 11.7. The van der Waals surface area contributed by atoms with Gasteiger partial charge in [0.25, 0.3) is 0 Å². The van der Waals surface area contributed by atoms with E-state index in [2.05, 4.69) is 10.5 Å². The van der Waals surface area contributed by atoms with Crippen molar-refractivity contribution >= 4 is 15.7 Å². The maximum atomic E-state index is 12.0. The second kappa shape index (κ2) is 4.72. The Kier molecular flexibility index (Phi) is 3.43. The Labute approximate surface area is 106 Å². The molecule has 1 aromatic rings. The summed E-state index contributed by atoms with van der Waals surface area (Å²) in [5.74, 6) is -0.156. The lowest BCUT2D eigenvalue weighted by atomic mass is 10.4. The molecule has 0 saturated heterocycles. The molecule has 1 heterocycles. The first kappa shape index (κ1) is 13.1. The van der Waals surface area contributed by atoms with Crippen molar-refractivity contribution in [2.75, 3.05) is 0 Å². The third kappa shape index (κ3) is 3.10. The zero-order valence-electron chi connectivity index (χ0n) is 10.3. The van der Waals surface area contributed by atoms with Crippen molar-refractivity contribution in [2.45, 2.75) is 43.7 Å². The van der Waals surface area contributed by atoms with Crippen molar-refractivity contribution in [3.63, 3.8) is 0 Å². The summed E-state index contributed by atoms with van der Waals surface area (Å²) in [6.07, 6.45) is 1.86. The minimum absolute atomic E-state index is 0.157. The van der Waals surface area contributed by atoms with Gasteiger partial charge in [-0.15, -0.1) is 0 Å². The van der Waals surface area contributed by atoms with E-state index in [1.807, 2.05) is 0 Å². The molecule has 1 atom stereocenters. The van der Waals surface area contributed by atoms with Crippen LogP contribution in [-0.4, -0.2) is 30.8 Å². The number of hydrogen-bond acceptors (Lipinski definition) is 5. The largest absolute Gasteiger partial charge is 0.361 e. The molecular weight excluding hydrogens is 256 g/mol. The number of amides is 1. The average molecular weight is 272 g/mol. The van der Waals surface area contributed by atoms with Gasteiger partial charge >= 0.3 is 0 Å². The molecule has 1 aromatic heterocycles. The molecule has 0 aliphatic heterocycles. The van der Waals surface area contributed by atoms with Crippen LogP contribution in [0.3, 0.4) is 0 Å². The quantitative estimate of drug-likeness (QED) is 0.846. The second-order valence-electron chi connectivity index (χ2n) is 4.66. The molecule has 18 heavy (non-hydrogen) atoms. The summed E-state index contributed by atoms with van der Waals surface area (Å²) in [6.45, 7) is 3.09. The van der Waals surface area contributed by atoms with Crippen LogP contribution >= 0.6 is 0 Å². The Morgan fingerprint density at radius 2 is 2.28 bits per heavy atom. The van der Waals surface area contributed by atoms with Crippen LogP contribution in [0.25, 0.3) is 0 Å². The molecule has 100 valence electrons.